The number of benzene rings is 2. The van der Waals surface area contributed by atoms with Crippen molar-refractivity contribution >= 4 is 38.6 Å². The minimum absolute atomic E-state index is 0.0447. The summed E-state index contributed by atoms with van der Waals surface area (Å²) in [7, 11) is -3.91. The molecule has 0 aliphatic heterocycles. The lowest BCUT2D eigenvalue weighted by molar-refractivity contribution is -0.114. The van der Waals surface area contributed by atoms with E-state index in [9.17, 15) is 18.3 Å². The van der Waals surface area contributed by atoms with Crippen LogP contribution in [-0.2, 0) is 19.6 Å². The van der Waals surface area contributed by atoms with Gasteiger partial charge >= 0.3 is 0 Å². The van der Waals surface area contributed by atoms with Gasteiger partial charge in [0.05, 0.1) is 15.9 Å². The van der Waals surface area contributed by atoms with Gasteiger partial charge in [-0.05, 0) is 58.9 Å². The zero-order valence-electron chi connectivity index (χ0n) is 21.1. The molecule has 0 fully saturated rings. The number of nitrogens with zero attached hydrogens (tertiary/aromatic N) is 1. The smallest absolute Gasteiger partial charge is 0.241 e. The number of hydrogen-bond donors (Lipinski definition) is 4. The van der Waals surface area contributed by atoms with Crippen LogP contribution in [0, 0.1) is 0 Å². The first-order valence-corrected chi connectivity index (χ1v) is 13.7. The fourth-order valence-corrected chi connectivity index (χ4v) is 6.08. The second kappa shape index (κ2) is 11.1. The van der Waals surface area contributed by atoms with Crippen molar-refractivity contribution in [3.05, 3.63) is 48.7 Å². The number of aromatic nitrogens is 1. The molecule has 0 bridgehead atoms. The Morgan fingerprint density at radius 1 is 1.11 bits per heavy atom. The Bertz CT molecular complexity index is 1330. The van der Waals surface area contributed by atoms with Crippen molar-refractivity contribution in [2.75, 3.05) is 10.6 Å². The minimum Gasteiger partial charge on any atom is -0.351 e. The Morgan fingerprint density at radius 2 is 1.83 bits per heavy atom. The molecule has 4 N–H and O–H groups in total. The summed E-state index contributed by atoms with van der Waals surface area (Å²) in [6, 6.07) is 12.1. The number of thiazole rings is 1. The van der Waals surface area contributed by atoms with Crippen LogP contribution >= 0.6 is 11.3 Å². The molecule has 1 amide bonds. The number of sulfonamides is 1. The molecule has 0 radical (unpaired) electrons. The predicted molar refractivity (Wildman–Crippen MR) is 143 cm³/mol. The van der Waals surface area contributed by atoms with Crippen LogP contribution < -0.4 is 15.4 Å². The molecular formula is C25H32N4O5S2. The van der Waals surface area contributed by atoms with Crippen LogP contribution in [0.3, 0.4) is 0 Å². The molecule has 3 rings (SSSR count). The molecule has 1 unspecified atom stereocenters. The molecule has 194 valence electrons. The van der Waals surface area contributed by atoms with E-state index in [-0.39, 0.29) is 16.9 Å². The largest absolute Gasteiger partial charge is 0.351 e. The van der Waals surface area contributed by atoms with Crippen molar-refractivity contribution in [3.63, 3.8) is 0 Å². The molecule has 0 aliphatic rings. The lowest BCUT2D eigenvalue weighted by Crippen LogP contribution is -2.40. The number of carbonyl (C=O) groups excluding carboxylic acids is 1. The maximum atomic E-state index is 13.3. The summed E-state index contributed by atoms with van der Waals surface area (Å²) in [6.07, 6.45) is 0.324. The van der Waals surface area contributed by atoms with Crippen LogP contribution in [-0.4, -0.2) is 42.5 Å². The van der Waals surface area contributed by atoms with Gasteiger partial charge in [0.1, 0.15) is 5.01 Å². The van der Waals surface area contributed by atoms with Gasteiger partial charge in [-0.25, -0.2) is 18.1 Å². The van der Waals surface area contributed by atoms with Gasteiger partial charge < -0.3 is 20.5 Å². The number of hydrogen-bond acceptors (Lipinski definition) is 8. The number of ether oxygens (including phenoxy) is 1. The lowest BCUT2D eigenvalue weighted by atomic mass is 10.1. The van der Waals surface area contributed by atoms with Crippen molar-refractivity contribution in [1.29, 1.82) is 0 Å². The second-order valence-corrected chi connectivity index (χ2v) is 12.2. The van der Waals surface area contributed by atoms with Gasteiger partial charge in [-0.1, -0.05) is 18.2 Å². The van der Waals surface area contributed by atoms with E-state index in [1.54, 1.807) is 45.2 Å². The van der Waals surface area contributed by atoms with Gasteiger partial charge in [-0.3, -0.25) is 4.79 Å². The van der Waals surface area contributed by atoms with E-state index in [0.29, 0.717) is 26.8 Å². The van der Waals surface area contributed by atoms with Gasteiger partial charge in [0.2, 0.25) is 22.3 Å². The van der Waals surface area contributed by atoms with Crippen LogP contribution in [0.4, 0.5) is 11.4 Å². The van der Waals surface area contributed by atoms with E-state index in [1.165, 1.54) is 24.3 Å². The zero-order chi connectivity index (χ0) is 26.7. The van der Waals surface area contributed by atoms with Gasteiger partial charge in [-0.2, -0.15) is 0 Å². The van der Waals surface area contributed by atoms with Gasteiger partial charge in [0.15, 0.2) is 0 Å². The number of aliphatic hydroxyl groups is 1. The third-order valence-corrected chi connectivity index (χ3v) is 7.48. The molecule has 0 saturated carbocycles. The summed E-state index contributed by atoms with van der Waals surface area (Å²) in [5.74, 6) is -0.299. The molecule has 1 aromatic heterocycles. The molecule has 11 heteroatoms. The first kappa shape index (κ1) is 27.8. The third-order valence-electron chi connectivity index (χ3n) is 4.60. The van der Waals surface area contributed by atoms with Crippen LogP contribution in [0.25, 0.3) is 21.0 Å². The number of aliphatic hydroxyl groups excluding tert-OH is 1. The molecule has 0 aliphatic carbocycles. The van der Waals surface area contributed by atoms with Crippen LogP contribution in [0.5, 0.6) is 0 Å². The Labute approximate surface area is 216 Å². The Hall–Kier alpha value is -2.83. The van der Waals surface area contributed by atoms with E-state index in [1.807, 2.05) is 32.0 Å². The van der Waals surface area contributed by atoms with Crippen molar-refractivity contribution in [1.82, 2.24) is 9.71 Å². The average molecular weight is 533 g/mol. The topological polar surface area (TPSA) is 130 Å². The number of carbonyl (C=O) groups is 1. The first-order chi connectivity index (χ1) is 16.7. The van der Waals surface area contributed by atoms with E-state index >= 15 is 0 Å². The van der Waals surface area contributed by atoms with Gasteiger partial charge in [0, 0.05) is 41.2 Å². The molecule has 2 aromatic carbocycles. The van der Waals surface area contributed by atoms with Crippen LogP contribution in [0.1, 0.15) is 41.5 Å². The maximum Gasteiger partial charge on any atom is 0.241 e. The summed E-state index contributed by atoms with van der Waals surface area (Å²) in [4.78, 5) is 16.8. The zero-order valence-corrected chi connectivity index (χ0v) is 22.8. The van der Waals surface area contributed by atoms with E-state index in [0.717, 1.165) is 5.56 Å². The van der Waals surface area contributed by atoms with Crippen molar-refractivity contribution in [2.24, 2.45) is 0 Å². The highest BCUT2D eigenvalue weighted by molar-refractivity contribution is 7.89. The molecule has 0 spiro atoms. The summed E-state index contributed by atoms with van der Waals surface area (Å²) < 4.78 is 34.6. The van der Waals surface area contributed by atoms with E-state index in [2.05, 4.69) is 20.3 Å². The fourth-order valence-electron chi connectivity index (χ4n) is 3.40. The maximum absolute atomic E-state index is 13.3. The normalized spacial score (nSPS) is 13.0. The Balaban J connectivity index is 1.99. The number of rotatable bonds is 9. The standard InChI is InChI=1S/C25H32N4O5S2/c1-15(2)34-24(31)28-18-9-7-8-17(12-18)23-26-14-21(35-23)20-11-10-19(27-16(3)30)13-22(20)36(32,33)29-25(4,5)6/h7-15,24,28-29,31H,1-6H3,(H,27,30). The average Bonchev–Trinajstić information content (AvgIpc) is 3.21. The molecule has 1 heterocycles. The fraction of sp³-hybridized carbons (Fsp3) is 0.360. The summed E-state index contributed by atoms with van der Waals surface area (Å²) in [6.45, 7) is 10.3. The summed E-state index contributed by atoms with van der Waals surface area (Å²) in [5, 5.41) is 16.2. The monoisotopic (exact) mass is 532 g/mol. The quantitative estimate of drug-likeness (QED) is 0.296. The Kier molecular flexibility index (Phi) is 8.52. The van der Waals surface area contributed by atoms with Crippen molar-refractivity contribution in [2.45, 2.75) is 64.5 Å². The highest BCUT2D eigenvalue weighted by Crippen LogP contribution is 2.37. The summed E-state index contributed by atoms with van der Waals surface area (Å²) >= 11 is 1.33. The number of amides is 1. The SMILES string of the molecule is CC(=O)Nc1ccc(-c2cnc(-c3cccc(NC(O)OC(C)C)c3)s2)c(S(=O)(=O)NC(C)(C)C)c1. The van der Waals surface area contributed by atoms with E-state index < -0.39 is 22.0 Å². The Morgan fingerprint density at radius 3 is 2.47 bits per heavy atom. The molecule has 3 aromatic rings. The van der Waals surface area contributed by atoms with Crippen molar-refractivity contribution < 1.29 is 23.1 Å². The summed E-state index contributed by atoms with van der Waals surface area (Å²) in [5.41, 5.74) is 1.59. The molecule has 1 atom stereocenters. The molecule has 9 nitrogen and oxygen atoms in total. The lowest BCUT2D eigenvalue weighted by Gasteiger charge is -2.22. The van der Waals surface area contributed by atoms with Crippen LogP contribution in [0.15, 0.2) is 53.6 Å². The molecule has 36 heavy (non-hydrogen) atoms. The van der Waals surface area contributed by atoms with Crippen molar-refractivity contribution in [3.8, 4) is 21.0 Å². The highest BCUT2D eigenvalue weighted by Gasteiger charge is 2.26. The number of nitrogens with one attached hydrogen (secondary N) is 3. The van der Waals surface area contributed by atoms with Gasteiger partial charge in [-0.15, -0.1) is 11.3 Å². The first-order valence-electron chi connectivity index (χ1n) is 11.4. The minimum atomic E-state index is -3.91. The second-order valence-electron chi connectivity index (χ2n) is 9.54. The van der Waals surface area contributed by atoms with Gasteiger partial charge in [0.25, 0.3) is 0 Å². The van der Waals surface area contributed by atoms with E-state index in [4.69, 9.17) is 4.74 Å². The molecular weight excluding hydrogens is 500 g/mol. The van der Waals surface area contributed by atoms with Crippen LogP contribution in [0.2, 0.25) is 0 Å². The highest BCUT2D eigenvalue weighted by atomic mass is 32.2. The third kappa shape index (κ3) is 7.58. The molecule has 0 saturated heterocycles. The predicted octanol–water partition coefficient (Wildman–Crippen LogP) is 4.63. The number of anilines is 2.